The molecule has 0 radical (unpaired) electrons. The Morgan fingerprint density at radius 2 is 1.57 bits per heavy atom. The van der Waals surface area contributed by atoms with Crippen molar-refractivity contribution >= 4 is 9.84 Å². The number of hydrogen-bond donors (Lipinski definition) is 0. The number of hydrogen-bond acceptors (Lipinski definition) is 3. The fourth-order valence-electron chi connectivity index (χ4n) is 3.96. The minimum Gasteiger partial charge on any atom is -0.299 e. The second-order valence-electron chi connectivity index (χ2n) is 8.03. The van der Waals surface area contributed by atoms with Crippen molar-refractivity contribution in [3.63, 3.8) is 0 Å². The van der Waals surface area contributed by atoms with E-state index in [-0.39, 0.29) is 11.4 Å². The average Bonchev–Trinajstić information content (AvgIpc) is 2.67. The highest BCUT2D eigenvalue weighted by Gasteiger charge is 2.42. The molecule has 30 heavy (non-hydrogen) atoms. The highest BCUT2D eigenvalue weighted by atomic mass is 32.2. The zero-order valence-corrected chi connectivity index (χ0v) is 17.5. The zero-order valence-electron chi connectivity index (χ0n) is 16.7. The lowest BCUT2D eigenvalue weighted by Gasteiger charge is -2.32. The summed E-state index contributed by atoms with van der Waals surface area (Å²) in [4.78, 5) is 2.24. The maximum Gasteiger partial charge on any atom is 0.396 e. The fraction of sp³-hybridized carbons (Fsp3) is 0.455. The first-order valence-corrected chi connectivity index (χ1v) is 11.9. The second-order valence-corrected chi connectivity index (χ2v) is 10.2. The van der Waals surface area contributed by atoms with E-state index in [4.69, 9.17) is 0 Å². The van der Waals surface area contributed by atoms with Gasteiger partial charge in [0, 0.05) is 12.8 Å². The summed E-state index contributed by atoms with van der Waals surface area (Å²) in [6.07, 6.45) is -1.93. The van der Waals surface area contributed by atoms with Crippen LogP contribution in [0.3, 0.4) is 0 Å². The van der Waals surface area contributed by atoms with Gasteiger partial charge in [0.05, 0.1) is 11.7 Å². The molecular weight excluding hydrogens is 418 g/mol. The van der Waals surface area contributed by atoms with Crippen molar-refractivity contribution < 1.29 is 26.0 Å². The fourth-order valence-corrected chi connectivity index (χ4v) is 4.94. The predicted molar refractivity (Wildman–Crippen MR) is 109 cm³/mol. The minimum atomic E-state index is -4.62. The molecule has 0 spiro atoms. The molecule has 0 bridgehead atoms. The molecule has 1 aliphatic rings. The van der Waals surface area contributed by atoms with Gasteiger partial charge in [0.25, 0.3) is 0 Å². The lowest BCUT2D eigenvalue weighted by Crippen LogP contribution is -2.32. The molecule has 0 amide bonds. The summed E-state index contributed by atoms with van der Waals surface area (Å²) in [6.45, 7) is 2.32. The smallest absolute Gasteiger partial charge is 0.299 e. The third-order valence-electron chi connectivity index (χ3n) is 5.58. The van der Waals surface area contributed by atoms with Gasteiger partial charge in [-0.3, -0.25) is 4.90 Å². The Kier molecular flexibility index (Phi) is 6.87. The van der Waals surface area contributed by atoms with E-state index < -0.39 is 27.7 Å². The van der Waals surface area contributed by atoms with Crippen LogP contribution in [0.25, 0.3) is 0 Å². The van der Waals surface area contributed by atoms with Gasteiger partial charge in [-0.15, -0.1) is 0 Å². The van der Waals surface area contributed by atoms with Crippen LogP contribution in [0.4, 0.5) is 17.6 Å². The van der Waals surface area contributed by atoms with Crippen molar-refractivity contribution in [2.24, 2.45) is 0 Å². The Morgan fingerprint density at radius 3 is 2.07 bits per heavy atom. The number of likely N-dealkylation sites (tertiary alicyclic amines) is 1. The Bertz CT molecular complexity index is 933. The molecule has 2 aromatic carbocycles. The lowest BCUT2D eigenvalue weighted by molar-refractivity contribution is -0.145. The largest absolute Gasteiger partial charge is 0.396 e. The molecule has 1 fully saturated rings. The molecular formula is C22H25F4NO2S. The number of nitrogens with zero attached hydrogens (tertiary/aromatic N) is 1. The van der Waals surface area contributed by atoms with Gasteiger partial charge in [0.1, 0.15) is 15.7 Å². The van der Waals surface area contributed by atoms with Crippen LogP contribution in [0.2, 0.25) is 0 Å². The van der Waals surface area contributed by atoms with Crippen LogP contribution in [0.1, 0.15) is 41.4 Å². The van der Waals surface area contributed by atoms with Gasteiger partial charge in [-0.25, -0.2) is 12.8 Å². The van der Waals surface area contributed by atoms with Gasteiger partial charge in [0.15, 0.2) is 0 Å². The number of rotatable bonds is 6. The number of piperidine rings is 1. The number of alkyl halides is 3. The standard InChI is InChI=1S/C22H25F4NO2S/c1-30(28,29)15-21(22(24,25)26)19-4-2-16(3-5-19)14-27-12-10-18(11-13-27)17-6-8-20(23)9-7-17/h2-9,18,21H,10-15H2,1H3/t21-/m0/s1. The number of sulfone groups is 1. The van der Waals surface area contributed by atoms with E-state index in [1.165, 1.54) is 24.3 Å². The van der Waals surface area contributed by atoms with Gasteiger partial charge >= 0.3 is 6.18 Å². The van der Waals surface area contributed by atoms with Crippen molar-refractivity contribution in [3.8, 4) is 0 Å². The van der Waals surface area contributed by atoms with Crippen molar-refractivity contribution in [1.82, 2.24) is 4.90 Å². The van der Waals surface area contributed by atoms with Gasteiger partial charge < -0.3 is 0 Å². The molecule has 2 aromatic rings. The number of benzene rings is 2. The third kappa shape index (κ3) is 6.28. The van der Waals surface area contributed by atoms with E-state index in [0.717, 1.165) is 43.3 Å². The molecule has 0 saturated carbocycles. The molecule has 1 heterocycles. The third-order valence-corrected chi connectivity index (χ3v) is 6.52. The Hall–Kier alpha value is -1.93. The van der Waals surface area contributed by atoms with Crippen LogP contribution in [0, 0.1) is 5.82 Å². The average molecular weight is 444 g/mol. The molecule has 8 heteroatoms. The van der Waals surface area contributed by atoms with Gasteiger partial charge in [-0.05, 0) is 60.7 Å². The van der Waals surface area contributed by atoms with Crippen LogP contribution in [0.5, 0.6) is 0 Å². The highest BCUT2D eigenvalue weighted by Crippen LogP contribution is 2.36. The lowest BCUT2D eigenvalue weighted by atomic mass is 9.89. The van der Waals surface area contributed by atoms with Crippen molar-refractivity contribution in [2.45, 2.75) is 37.4 Å². The van der Waals surface area contributed by atoms with E-state index in [0.29, 0.717) is 12.5 Å². The zero-order chi connectivity index (χ0) is 21.9. The topological polar surface area (TPSA) is 37.4 Å². The summed E-state index contributed by atoms with van der Waals surface area (Å²) in [5.41, 5.74) is 1.98. The molecule has 0 aliphatic carbocycles. The normalized spacial score (nSPS) is 17.8. The van der Waals surface area contributed by atoms with Gasteiger partial charge in [0.2, 0.25) is 0 Å². The monoisotopic (exact) mass is 443 g/mol. The second kappa shape index (κ2) is 9.06. The van der Waals surface area contributed by atoms with Crippen molar-refractivity contribution in [3.05, 3.63) is 71.0 Å². The Morgan fingerprint density at radius 1 is 1.00 bits per heavy atom. The summed E-state index contributed by atoms with van der Waals surface area (Å²) in [5.74, 6) is -2.84. The first-order valence-electron chi connectivity index (χ1n) is 9.82. The molecule has 3 nitrogen and oxygen atoms in total. The highest BCUT2D eigenvalue weighted by molar-refractivity contribution is 7.90. The Balaban J connectivity index is 1.60. The predicted octanol–water partition coefficient (Wildman–Crippen LogP) is 4.90. The SMILES string of the molecule is CS(=O)(=O)C[C@@H](c1ccc(CN2CCC(c3ccc(F)cc3)CC2)cc1)C(F)(F)F. The molecule has 3 rings (SSSR count). The molecule has 1 aliphatic heterocycles. The maximum absolute atomic E-state index is 13.3. The minimum absolute atomic E-state index is 0.0355. The molecule has 0 unspecified atom stereocenters. The molecule has 0 N–H and O–H groups in total. The van der Waals surface area contributed by atoms with Crippen LogP contribution < -0.4 is 0 Å². The maximum atomic E-state index is 13.3. The van der Waals surface area contributed by atoms with Crippen LogP contribution in [-0.2, 0) is 16.4 Å². The van der Waals surface area contributed by atoms with E-state index >= 15 is 0 Å². The van der Waals surface area contributed by atoms with Crippen molar-refractivity contribution in [1.29, 1.82) is 0 Å². The van der Waals surface area contributed by atoms with E-state index in [2.05, 4.69) is 4.90 Å². The van der Waals surface area contributed by atoms with Gasteiger partial charge in [-0.2, -0.15) is 13.2 Å². The van der Waals surface area contributed by atoms with Crippen LogP contribution >= 0.6 is 0 Å². The molecule has 1 saturated heterocycles. The summed E-state index contributed by atoms with van der Waals surface area (Å²) in [7, 11) is -3.77. The number of halogens is 4. The Labute approximate surface area is 174 Å². The summed E-state index contributed by atoms with van der Waals surface area (Å²) >= 11 is 0. The van der Waals surface area contributed by atoms with Crippen LogP contribution in [-0.4, -0.2) is 44.6 Å². The van der Waals surface area contributed by atoms with Crippen LogP contribution in [0.15, 0.2) is 48.5 Å². The van der Waals surface area contributed by atoms with E-state index in [9.17, 15) is 26.0 Å². The summed E-state index contributed by atoms with van der Waals surface area (Å²) < 4.78 is 75.8. The first-order chi connectivity index (χ1) is 14.0. The summed E-state index contributed by atoms with van der Waals surface area (Å²) in [6, 6.07) is 12.6. The van der Waals surface area contributed by atoms with Crippen molar-refractivity contribution in [2.75, 3.05) is 25.1 Å². The molecule has 164 valence electrons. The van der Waals surface area contributed by atoms with E-state index in [1.807, 2.05) is 12.1 Å². The van der Waals surface area contributed by atoms with E-state index in [1.54, 1.807) is 12.1 Å². The summed E-state index contributed by atoms with van der Waals surface area (Å²) in [5, 5.41) is 0. The molecule has 1 atom stereocenters. The molecule has 0 aromatic heterocycles. The first kappa shape index (κ1) is 22.7. The quantitative estimate of drug-likeness (QED) is 0.597. The van der Waals surface area contributed by atoms with Gasteiger partial charge in [-0.1, -0.05) is 36.4 Å².